The highest BCUT2D eigenvalue weighted by atomic mass is 19.1. The number of hydrogen-bond donors (Lipinski definition) is 1. The summed E-state index contributed by atoms with van der Waals surface area (Å²) in [6, 6.07) is 17.5. The average Bonchev–Trinajstić information content (AvgIpc) is 2.70. The van der Waals surface area contributed by atoms with Crippen LogP contribution in [0.3, 0.4) is 0 Å². The van der Waals surface area contributed by atoms with Crippen LogP contribution in [0.25, 0.3) is 0 Å². The third kappa shape index (κ3) is 5.03. The minimum Gasteiger partial charge on any atom is -0.492 e. The number of aromatic nitrogens is 2. The van der Waals surface area contributed by atoms with Gasteiger partial charge in [-0.3, -0.25) is 9.59 Å². The van der Waals surface area contributed by atoms with Gasteiger partial charge in [-0.2, -0.15) is 5.10 Å². The zero-order chi connectivity index (χ0) is 19.9. The molecule has 2 aromatic carbocycles. The van der Waals surface area contributed by atoms with E-state index in [0.717, 1.165) is 5.56 Å². The Morgan fingerprint density at radius 2 is 1.82 bits per heavy atom. The molecular formula is C21H20FN3O3. The molecule has 144 valence electrons. The molecule has 0 saturated carbocycles. The number of nitrogens with one attached hydrogen (secondary N) is 1. The maximum absolute atomic E-state index is 13.0. The van der Waals surface area contributed by atoms with Crippen molar-refractivity contribution >= 4 is 5.91 Å². The van der Waals surface area contributed by atoms with Gasteiger partial charge in [-0.05, 0) is 42.8 Å². The maximum atomic E-state index is 13.0. The molecule has 3 rings (SSSR count). The largest absolute Gasteiger partial charge is 0.492 e. The second kappa shape index (κ2) is 8.94. The molecule has 1 N–H and O–H groups in total. The molecule has 0 radical (unpaired) electrons. The molecule has 0 aliphatic heterocycles. The van der Waals surface area contributed by atoms with Crippen LogP contribution in [0, 0.1) is 5.82 Å². The summed E-state index contributed by atoms with van der Waals surface area (Å²) in [7, 11) is 0. The molecule has 1 atom stereocenters. The third-order valence-corrected chi connectivity index (χ3v) is 4.13. The average molecular weight is 381 g/mol. The molecule has 0 aliphatic rings. The Morgan fingerprint density at radius 1 is 1.11 bits per heavy atom. The van der Waals surface area contributed by atoms with Gasteiger partial charge in [0.05, 0.1) is 12.6 Å². The lowest BCUT2D eigenvalue weighted by Crippen LogP contribution is -2.32. The quantitative estimate of drug-likeness (QED) is 0.683. The van der Waals surface area contributed by atoms with E-state index in [2.05, 4.69) is 10.4 Å². The topological polar surface area (TPSA) is 73.2 Å². The smallest absolute Gasteiger partial charge is 0.272 e. The van der Waals surface area contributed by atoms with Crippen LogP contribution in [-0.2, 0) is 6.54 Å². The first-order chi connectivity index (χ1) is 13.5. The highest BCUT2D eigenvalue weighted by Gasteiger charge is 2.14. The summed E-state index contributed by atoms with van der Waals surface area (Å²) in [5.74, 6) is -0.0686. The fourth-order valence-corrected chi connectivity index (χ4v) is 2.60. The van der Waals surface area contributed by atoms with E-state index in [4.69, 9.17) is 4.74 Å². The van der Waals surface area contributed by atoms with E-state index in [1.54, 1.807) is 19.1 Å². The molecule has 1 heterocycles. The molecule has 0 saturated heterocycles. The van der Waals surface area contributed by atoms with Gasteiger partial charge in [0.1, 0.15) is 23.9 Å². The molecule has 7 heteroatoms. The summed E-state index contributed by atoms with van der Waals surface area (Å²) in [6.07, 6.45) is 0. The fraction of sp³-hybridized carbons (Fsp3) is 0.190. The molecule has 0 spiro atoms. The Kier molecular flexibility index (Phi) is 6.16. The zero-order valence-corrected chi connectivity index (χ0v) is 15.3. The highest BCUT2D eigenvalue weighted by Crippen LogP contribution is 2.13. The minimum absolute atomic E-state index is 0.119. The molecule has 1 unspecified atom stereocenters. The van der Waals surface area contributed by atoms with Crippen LogP contribution in [0.2, 0.25) is 0 Å². The van der Waals surface area contributed by atoms with Crippen molar-refractivity contribution in [2.24, 2.45) is 0 Å². The first-order valence-electron chi connectivity index (χ1n) is 8.85. The van der Waals surface area contributed by atoms with Crippen molar-refractivity contribution in [1.29, 1.82) is 0 Å². The number of halogens is 1. The number of ether oxygens (including phenoxy) is 1. The minimum atomic E-state index is -0.422. The van der Waals surface area contributed by atoms with Crippen molar-refractivity contribution < 1.29 is 13.9 Å². The van der Waals surface area contributed by atoms with Crippen LogP contribution < -0.4 is 15.6 Å². The second-order valence-corrected chi connectivity index (χ2v) is 6.19. The predicted molar refractivity (Wildman–Crippen MR) is 103 cm³/mol. The van der Waals surface area contributed by atoms with Crippen LogP contribution in [0.1, 0.15) is 29.0 Å². The first kappa shape index (κ1) is 19.3. The summed E-state index contributed by atoms with van der Waals surface area (Å²) in [5.41, 5.74) is 0.562. The first-order valence-corrected chi connectivity index (χ1v) is 8.85. The lowest BCUT2D eigenvalue weighted by atomic mass is 10.1. The molecule has 1 aromatic heterocycles. The normalized spacial score (nSPS) is 11.6. The number of benzene rings is 2. The Labute approximate surface area is 161 Å². The van der Waals surface area contributed by atoms with E-state index >= 15 is 0 Å². The van der Waals surface area contributed by atoms with Gasteiger partial charge in [0.2, 0.25) is 0 Å². The molecule has 28 heavy (non-hydrogen) atoms. The summed E-state index contributed by atoms with van der Waals surface area (Å²) in [4.78, 5) is 24.4. The van der Waals surface area contributed by atoms with Crippen molar-refractivity contribution in [2.75, 3.05) is 6.61 Å². The number of para-hydroxylation sites is 1. The Morgan fingerprint density at radius 3 is 2.54 bits per heavy atom. The summed E-state index contributed by atoms with van der Waals surface area (Å²) < 4.78 is 19.8. The molecule has 1 amide bonds. The number of nitrogens with zero attached hydrogens (tertiary/aromatic N) is 2. The van der Waals surface area contributed by atoms with Crippen LogP contribution in [0.15, 0.2) is 71.5 Å². The number of carbonyl (C=O) groups excluding carboxylic acids is 1. The van der Waals surface area contributed by atoms with E-state index in [1.165, 1.54) is 28.9 Å². The lowest BCUT2D eigenvalue weighted by Gasteiger charge is -2.14. The van der Waals surface area contributed by atoms with Gasteiger partial charge in [-0.1, -0.05) is 30.3 Å². The van der Waals surface area contributed by atoms with Crippen LogP contribution >= 0.6 is 0 Å². The highest BCUT2D eigenvalue weighted by molar-refractivity contribution is 5.92. The van der Waals surface area contributed by atoms with E-state index < -0.39 is 5.91 Å². The van der Waals surface area contributed by atoms with Gasteiger partial charge >= 0.3 is 0 Å². The van der Waals surface area contributed by atoms with Crippen molar-refractivity contribution in [3.8, 4) is 5.75 Å². The number of amides is 1. The van der Waals surface area contributed by atoms with Gasteiger partial charge < -0.3 is 10.1 Å². The number of hydrogen-bond acceptors (Lipinski definition) is 4. The van der Waals surface area contributed by atoms with Gasteiger partial charge in [0, 0.05) is 6.07 Å². The monoisotopic (exact) mass is 381 g/mol. The number of carbonyl (C=O) groups is 1. The summed E-state index contributed by atoms with van der Waals surface area (Å²) in [5, 5.41) is 6.91. The Balaban J connectivity index is 1.63. The number of rotatable bonds is 7. The maximum Gasteiger partial charge on any atom is 0.272 e. The molecule has 0 aliphatic carbocycles. The van der Waals surface area contributed by atoms with Crippen LogP contribution in [0.5, 0.6) is 5.75 Å². The Bertz CT molecular complexity index is 988. The standard InChI is InChI=1S/C21H20FN3O3/c1-15(16-7-9-17(22)10-8-16)23-21(27)19-11-12-20(26)25(24-19)13-14-28-18-5-3-2-4-6-18/h2-12,15H,13-14H2,1H3,(H,23,27). The Hall–Kier alpha value is -3.48. The van der Waals surface area contributed by atoms with Crippen LogP contribution in [0.4, 0.5) is 4.39 Å². The summed E-state index contributed by atoms with van der Waals surface area (Å²) in [6.45, 7) is 2.24. The van der Waals surface area contributed by atoms with E-state index in [0.29, 0.717) is 5.75 Å². The van der Waals surface area contributed by atoms with Crippen molar-refractivity contribution in [1.82, 2.24) is 15.1 Å². The molecule has 3 aromatic rings. The zero-order valence-electron chi connectivity index (χ0n) is 15.3. The molecule has 0 fully saturated rings. The van der Waals surface area contributed by atoms with Crippen molar-refractivity contribution in [3.63, 3.8) is 0 Å². The molecule has 0 bridgehead atoms. The van der Waals surface area contributed by atoms with E-state index in [1.807, 2.05) is 30.3 Å². The molecular weight excluding hydrogens is 361 g/mol. The SMILES string of the molecule is CC(NC(=O)c1ccc(=O)n(CCOc2ccccc2)n1)c1ccc(F)cc1. The summed E-state index contributed by atoms with van der Waals surface area (Å²) >= 11 is 0. The van der Waals surface area contributed by atoms with Gasteiger partial charge in [-0.15, -0.1) is 0 Å². The lowest BCUT2D eigenvalue weighted by molar-refractivity contribution is 0.0931. The van der Waals surface area contributed by atoms with E-state index in [9.17, 15) is 14.0 Å². The van der Waals surface area contributed by atoms with Crippen molar-refractivity contribution in [3.05, 3.63) is 94.2 Å². The fourth-order valence-electron chi connectivity index (χ4n) is 2.60. The molecule has 6 nitrogen and oxygen atoms in total. The predicted octanol–water partition coefficient (Wildman–Crippen LogP) is 2.95. The third-order valence-electron chi connectivity index (χ3n) is 4.13. The van der Waals surface area contributed by atoms with Gasteiger partial charge in [-0.25, -0.2) is 9.07 Å². The van der Waals surface area contributed by atoms with Crippen molar-refractivity contribution in [2.45, 2.75) is 19.5 Å². The van der Waals surface area contributed by atoms with E-state index in [-0.39, 0.29) is 36.3 Å². The van der Waals surface area contributed by atoms with Gasteiger partial charge in [0.25, 0.3) is 11.5 Å². The van der Waals surface area contributed by atoms with Crippen LogP contribution in [-0.4, -0.2) is 22.3 Å². The second-order valence-electron chi connectivity index (χ2n) is 6.19. The van der Waals surface area contributed by atoms with Gasteiger partial charge in [0.15, 0.2) is 0 Å².